The first kappa shape index (κ1) is 12.4. The molecule has 0 spiro atoms. The van der Waals surface area contributed by atoms with Gasteiger partial charge in [0.1, 0.15) is 0 Å². The third-order valence-electron chi connectivity index (χ3n) is 2.08. The fraction of sp³-hybridized carbons (Fsp3) is 0.857. The molecule has 1 fully saturated rings. The fourth-order valence-electron chi connectivity index (χ4n) is 1.40. The van der Waals surface area contributed by atoms with E-state index in [1.54, 1.807) is 0 Å². The van der Waals surface area contributed by atoms with Crippen LogP contribution in [0.3, 0.4) is 0 Å². The van der Waals surface area contributed by atoms with E-state index in [2.05, 4.69) is 5.32 Å². The zero-order valence-electron chi connectivity index (χ0n) is 7.41. The number of aliphatic carboxylic acids is 1. The molecule has 0 aromatic rings. The summed E-state index contributed by atoms with van der Waals surface area (Å²) in [5, 5.41) is 22.4. The number of aliphatic hydroxyl groups is 1. The summed E-state index contributed by atoms with van der Waals surface area (Å²) in [4.78, 5) is 10.3. The van der Waals surface area contributed by atoms with Crippen LogP contribution in [0.4, 0.5) is 0 Å². The van der Waals surface area contributed by atoms with Gasteiger partial charge in [0, 0.05) is 12.1 Å². The monoisotopic (exact) mass is 181 g/mol. The Morgan fingerprint density at radius 3 is 2.58 bits per heavy atom. The van der Waals surface area contributed by atoms with Crippen molar-refractivity contribution in [2.45, 2.75) is 38.0 Å². The predicted octanol–water partition coefficient (Wildman–Crippen LogP) is -4.76. The summed E-state index contributed by atoms with van der Waals surface area (Å²) in [5.74, 6) is -1.12. The van der Waals surface area contributed by atoms with Crippen molar-refractivity contribution < 1.29 is 44.6 Å². The summed E-state index contributed by atoms with van der Waals surface area (Å²) in [6.45, 7) is 1.90. The largest absolute Gasteiger partial charge is 1.00 e. The molecule has 1 aliphatic heterocycles. The number of hydrogen-bond acceptors (Lipinski definition) is 4. The SMILES string of the molecule is CC[C@@H]1NC(C(=O)[O-])CC1O.[Na+]. The molecular weight excluding hydrogens is 169 g/mol. The zero-order valence-corrected chi connectivity index (χ0v) is 9.41. The first-order valence-electron chi connectivity index (χ1n) is 3.80. The van der Waals surface area contributed by atoms with Crippen molar-refractivity contribution in [3.63, 3.8) is 0 Å². The first-order valence-corrected chi connectivity index (χ1v) is 3.80. The third kappa shape index (κ3) is 2.71. The minimum Gasteiger partial charge on any atom is -0.548 e. The number of hydrogen-bond donors (Lipinski definition) is 2. The van der Waals surface area contributed by atoms with E-state index in [-0.39, 0.29) is 42.0 Å². The van der Waals surface area contributed by atoms with Crippen LogP contribution in [0.25, 0.3) is 0 Å². The second-order valence-corrected chi connectivity index (χ2v) is 2.86. The molecule has 0 amide bonds. The average Bonchev–Trinajstić information content (AvgIpc) is 2.31. The van der Waals surface area contributed by atoms with Crippen LogP contribution in [0, 0.1) is 0 Å². The van der Waals surface area contributed by atoms with Crippen molar-refractivity contribution in [3.8, 4) is 0 Å². The smallest absolute Gasteiger partial charge is 0.548 e. The van der Waals surface area contributed by atoms with Crippen LogP contribution in [-0.4, -0.2) is 29.3 Å². The molecule has 0 radical (unpaired) electrons. The first-order chi connectivity index (χ1) is 5.15. The molecule has 1 aliphatic rings. The molecule has 1 rings (SSSR count). The van der Waals surface area contributed by atoms with Crippen LogP contribution >= 0.6 is 0 Å². The zero-order chi connectivity index (χ0) is 8.43. The molecule has 4 nitrogen and oxygen atoms in total. The van der Waals surface area contributed by atoms with Crippen LogP contribution in [0.1, 0.15) is 19.8 Å². The number of carboxylic acids is 1. The van der Waals surface area contributed by atoms with E-state index < -0.39 is 18.1 Å². The van der Waals surface area contributed by atoms with E-state index in [9.17, 15) is 15.0 Å². The Balaban J connectivity index is 0.00000121. The van der Waals surface area contributed by atoms with Gasteiger partial charge in [0.2, 0.25) is 0 Å². The minimum atomic E-state index is -1.12. The van der Waals surface area contributed by atoms with Crippen LogP contribution in [0.15, 0.2) is 0 Å². The van der Waals surface area contributed by atoms with Gasteiger partial charge in [0.25, 0.3) is 0 Å². The second kappa shape index (κ2) is 5.19. The summed E-state index contributed by atoms with van der Waals surface area (Å²) in [6.07, 6.45) is 0.467. The molecule has 64 valence electrons. The van der Waals surface area contributed by atoms with Crippen LogP contribution < -0.4 is 40.0 Å². The summed E-state index contributed by atoms with van der Waals surface area (Å²) in [6, 6.07) is -0.757. The second-order valence-electron chi connectivity index (χ2n) is 2.86. The molecule has 3 atom stereocenters. The molecular formula is C7H12NNaO3. The van der Waals surface area contributed by atoms with Crippen molar-refractivity contribution in [2.24, 2.45) is 0 Å². The number of carboxylic acid groups (broad SMARTS) is 1. The fourth-order valence-corrected chi connectivity index (χ4v) is 1.40. The van der Waals surface area contributed by atoms with E-state index in [1.807, 2.05) is 6.92 Å². The molecule has 2 N–H and O–H groups in total. The Bertz CT molecular complexity index is 165. The molecule has 0 aliphatic carbocycles. The van der Waals surface area contributed by atoms with Crippen LogP contribution in [0.2, 0.25) is 0 Å². The standard InChI is InChI=1S/C7H13NO3.Na/c1-2-4-6(9)3-5(8-4)7(10)11;/h4-6,8-9H,2-3H2,1H3,(H,10,11);/q;+1/p-1/t4-,5?,6?;/m0./s1. The topological polar surface area (TPSA) is 72.4 Å². The van der Waals surface area contributed by atoms with Gasteiger partial charge in [-0.05, 0) is 12.8 Å². The Morgan fingerprint density at radius 1 is 1.75 bits per heavy atom. The quantitative estimate of drug-likeness (QED) is 0.420. The number of carbonyl (C=O) groups excluding carboxylic acids is 1. The summed E-state index contributed by atoms with van der Waals surface area (Å²) in [7, 11) is 0. The number of carbonyl (C=O) groups is 1. The predicted molar refractivity (Wildman–Crippen MR) is 36.6 cm³/mol. The van der Waals surface area contributed by atoms with Gasteiger partial charge in [-0.3, -0.25) is 0 Å². The van der Waals surface area contributed by atoms with Gasteiger partial charge in [-0.2, -0.15) is 0 Å². The molecule has 1 saturated heterocycles. The van der Waals surface area contributed by atoms with Gasteiger partial charge in [0.05, 0.1) is 12.1 Å². The van der Waals surface area contributed by atoms with Crippen molar-refractivity contribution in [3.05, 3.63) is 0 Å². The number of rotatable bonds is 2. The molecule has 0 saturated carbocycles. The van der Waals surface area contributed by atoms with Gasteiger partial charge >= 0.3 is 29.6 Å². The van der Waals surface area contributed by atoms with E-state index in [0.29, 0.717) is 0 Å². The van der Waals surface area contributed by atoms with Gasteiger partial charge in [-0.1, -0.05) is 6.92 Å². The van der Waals surface area contributed by atoms with E-state index >= 15 is 0 Å². The van der Waals surface area contributed by atoms with Crippen molar-refractivity contribution in [1.82, 2.24) is 5.32 Å². The summed E-state index contributed by atoms with van der Waals surface area (Å²) < 4.78 is 0. The maximum Gasteiger partial charge on any atom is 1.00 e. The van der Waals surface area contributed by atoms with E-state index in [4.69, 9.17) is 0 Å². The van der Waals surface area contributed by atoms with Gasteiger partial charge < -0.3 is 20.3 Å². The average molecular weight is 181 g/mol. The maximum absolute atomic E-state index is 10.3. The Kier molecular flexibility index (Phi) is 5.36. The summed E-state index contributed by atoms with van der Waals surface area (Å²) >= 11 is 0. The Labute approximate surface area is 93.6 Å². The van der Waals surface area contributed by atoms with Gasteiger partial charge in [0.15, 0.2) is 0 Å². The Hall–Kier alpha value is 0.390. The maximum atomic E-state index is 10.3. The van der Waals surface area contributed by atoms with Crippen molar-refractivity contribution in [2.75, 3.05) is 0 Å². The van der Waals surface area contributed by atoms with Crippen LogP contribution in [0.5, 0.6) is 0 Å². The minimum absolute atomic E-state index is 0. The molecule has 0 aromatic heterocycles. The van der Waals surface area contributed by atoms with Crippen molar-refractivity contribution >= 4 is 5.97 Å². The molecule has 0 bridgehead atoms. The molecule has 12 heavy (non-hydrogen) atoms. The summed E-state index contributed by atoms with van der Waals surface area (Å²) in [5.41, 5.74) is 0. The third-order valence-corrected chi connectivity index (χ3v) is 2.08. The van der Waals surface area contributed by atoms with Crippen molar-refractivity contribution in [1.29, 1.82) is 0 Å². The molecule has 1 heterocycles. The molecule has 0 aromatic carbocycles. The number of aliphatic hydroxyl groups excluding tert-OH is 1. The van der Waals surface area contributed by atoms with E-state index in [1.165, 1.54) is 0 Å². The van der Waals surface area contributed by atoms with Gasteiger partial charge in [-0.25, -0.2) is 0 Å². The molecule has 5 heteroatoms. The Morgan fingerprint density at radius 2 is 2.33 bits per heavy atom. The normalized spacial score (nSPS) is 34.3. The molecule has 2 unspecified atom stereocenters. The van der Waals surface area contributed by atoms with E-state index in [0.717, 1.165) is 6.42 Å². The van der Waals surface area contributed by atoms with Crippen LogP contribution in [-0.2, 0) is 4.79 Å². The van der Waals surface area contributed by atoms with Gasteiger partial charge in [-0.15, -0.1) is 0 Å². The number of nitrogens with one attached hydrogen (secondary N) is 1.